The predicted molar refractivity (Wildman–Crippen MR) is 104 cm³/mol. The van der Waals surface area contributed by atoms with Gasteiger partial charge in [-0.05, 0) is 49.7 Å². The molecular weight excluding hydrogens is 341 g/mol. The molecule has 0 fully saturated rings. The topological polar surface area (TPSA) is 46.4 Å². The highest BCUT2D eigenvalue weighted by molar-refractivity contribution is 6.07. The number of hydrogen-bond acceptors (Lipinski definition) is 2. The number of carbonyl (C=O) groups is 1. The number of hydrogen-bond donors (Lipinski definition) is 1. The van der Waals surface area contributed by atoms with Gasteiger partial charge in [-0.15, -0.1) is 0 Å². The largest absolute Gasteiger partial charge is 0.321 e. The monoisotopic (exact) mass is 359 g/mol. The Bertz CT molecular complexity index is 1130. The quantitative estimate of drug-likeness (QED) is 0.559. The van der Waals surface area contributed by atoms with Crippen LogP contribution in [0.4, 0.5) is 10.1 Å². The van der Waals surface area contributed by atoms with Crippen molar-refractivity contribution in [2.24, 2.45) is 0 Å². The fraction of sp³-hybridized carbons (Fsp3) is 0.0909. The van der Waals surface area contributed by atoms with Gasteiger partial charge in [0.15, 0.2) is 0 Å². The van der Waals surface area contributed by atoms with E-state index in [0.29, 0.717) is 22.7 Å². The molecule has 0 saturated carbocycles. The molecular formula is C22H18FN3O. The third kappa shape index (κ3) is 3.31. The standard InChI is InChI=1S/C22H18FN3O/c1-14-3-6-16(7-4-14)20-21(26-13-15(2)5-12-19(26)25-20)22(27)24-18-10-8-17(23)9-11-18/h3-13H,1-2H3,(H,24,27). The summed E-state index contributed by atoms with van der Waals surface area (Å²) in [6, 6.07) is 17.4. The van der Waals surface area contributed by atoms with Crippen LogP contribution in [-0.2, 0) is 0 Å². The molecule has 0 spiro atoms. The first-order valence-corrected chi connectivity index (χ1v) is 8.64. The number of halogens is 1. The van der Waals surface area contributed by atoms with E-state index in [2.05, 4.69) is 10.3 Å². The fourth-order valence-corrected chi connectivity index (χ4v) is 3.00. The van der Waals surface area contributed by atoms with Gasteiger partial charge >= 0.3 is 0 Å². The van der Waals surface area contributed by atoms with E-state index in [0.717, 1.165) is 16.7 Å². The second-order valence-electron chi connectivity index (χ2n) is 6.57. The van der Waals surface area contributed by atoms with Crippen LogP contribution in [0.5, 0.6) is 0 Å². The molecule has 1 amide bonds. The SMILES string of the molecule is Cc1ccc(-c2nc3ccc(C)cn3c2C(=O)Nc2ccc(F)cc2)cc1. The molecule has 0 atom stereocenters. The Morgan fingerprint density at radius 3 is 2.30 bits per heavy atom. The molecule has 2 heterocycles. The van der Waals surface area contributed by atoms with Crippen LogP contribution in [0.15, 0.2) is 66.9 Å². The zero-order chi connectivity index (χ0) is 19.0. The molecule has 0 aliphatic rings. The molecule has 0 aliphatic carbocycles. The van der Waals surface area contributed by atoms with Crippen molar-refractivity contribution in [1.29, 1.82) is 0 Å². The van der Waals surface area contributed by atoms with Crippen LogP contribution in [0.3, 0.4) is 0 Å². The lowest BCUT2D eigenvalue weighted by molar-refractivity contribution is 0.102. The number of benzene rings is 2. The molecule has 0 saturated heterocycles. The molecule has 2 aromatic carbocycles. The van der Waals surface area contributed by atoms with Gasteiger partial charge in [-0.3, -0.25) is 9.20 Å². The number of imidazole rings is 1. The van der Waals surface area contributed by atoms with Gasteiger partial charge in [0.05, 0.1) is 0 Å². The van der Waals surface area contributed by atoms with Gasteiger partial charge in [-0.1, -0.05) is 35.9 Å². The van der Waals surface area contributed by atoms with Gasteiger partial charge in [0.25, 0.3) is 5.91 Å². The second-order valence-corrected chi connectivity index (χ2v) is 6.57. The molecule has 1 N–H and O–H groups in total. The van der Waals surface area contributed by atoms with Gasteiger partial charge in [-0.2, -0.15) is 0 Å². The number of rotatable bonds is 3. The Kier molecular flexibility index (Phi) is 4.20. The van der Waals surface area contributed by atoms with Crippen molar-refractivity contribution < 1.29 is 9.18 Å². The summed E-state index contributed by atoms with van der Waals surface area (Å²) in [5, 5.41) is 2.84. The maximum absolute atomic E-state index is 13.1. The lowest BCUT2D eigenvalue weighted by atomic mass is 10.1. The molecule has 5 heteroatoms. The van der Waals surface area contributed by atoms with Crippen molar-refractivity contribution in [2.75, 3.05) is 5.32 Å². The van der Waals surface area contributed by atoms with E-state index in [1.165, 1.54) is 24.3 Å². The summed E-state index contributed by atoms with van der Waals surface area (Å²) in [4.78, 5) is 17.8. The molecule has 0 aliphatic heterocycles. The normalized spacial score (nSPS) is 10.9. The summed E-state index contributed by atoms with van der Waals surface area (Å²) < 4.78 is 14.9. The van der Waals surface area contributed by atoms with E-state index in [-0.39, 0.29) is 11.7 Å². The average Bonchev–Trinajstić information content (AvgIpc) is 3.03. The molecule has 4 aromatic rings. The van der Waals surface area contributed by atoms with E-state index in [1.807, 2.05) is 56.4 Å². The minimum absolute atomic E-state index is 0.296. The average molecular weight is 359 g/mol. The zero-order valence-corrected chi connectivity index (χ0v) is 15.0. The van der Waals surface area contributed by atoms with E-state index >= 15 is 0 Å². The van der Waals surface area contributed by atoms with Gasteiger partial charge in [0.2, 0.25) is 0 Å². The third-order valence-corrected chi connectivity index (χ3v) is 4.41. The van der Waals surface area contributed by atoms with E-state index in [9.17, 15) is 9.18 Å². The van der Waals surface area contributed by atoms with Crippen LogP contribution < -0.4 is 5.32 Å². The van der Waals surface area contributed by atoms with Crippen LogP contribution in [0.1, 0.15) is 21.6 Å². The van der Waals surface area contributed by atoms with Crippen LogP contribution in [0, 0.1) is 19.7 Å². The number of nitrogens with zero attached hydrogens (tertiary/aromatic N) is 2. The number of nitrogens with one attached hydrogen (secondary N) is 1. The van der Waals surface area contributed by atoms with Crippen molar-refractivity contribution in [2.45, 2.75) is 13.8 Å². The van der Waals surface area contributed by atoms with E-state index in [4.69, 9.17) is 0 Å². The van der Waals surface area contributed by atoms with E-state index in [1.54, 1.807) is 4.40 Å². The lowest BCUT2D eigenvalue weighted by Gasteiger charge is -2.08. The number of carbonyl (C=O) groups excluding carboxylic acids is 1. The number of pyridine rings is 1. The molecule has 4 rings (SSSR count). The highest BCUT2D eigenvalue weighted by atomic mass is 19.1. The van der Waals surface area contributed by atoms with Crippen molar-refractivity contribution in [3.63, 3.8) is 0 Å². The molecule has 4 nitrogen and oxygen atoms in total. The van der Waals surface area contributed by atoms with Crippen molar-refractivity contribution in [3.8, 4) is 11.3 Å². The fourth-order valence-electron chi connectivity index (χ4n) is 3.00. The molecule has 27 heavy (non-hydrogen) atoms. The summed E-state index contributed by atoms with van der Waals surface area (Å²) in [6.07, 6.45) is 1.89. The first kappa shape index (κ1) is 17.0. The van der Waals surface area contributed by atoms with Crippen LogP contribution in [0.2, 0.25) is 0 Å². The number of anilines is 1. The minimum Gasteiger partial charge on any atom is -0.321 e. The highest BCUT2D eigenvalue weighted by Gasteiger charge is 2.21. The Hall–Kier alpha value is -3.47. The first-order valence-electron chi connectivity index (χ1n) is 8.64. The van der Waals surface area contributed by atoms with Crippen molar-refractivity contribution in [3.05, 3.63) is 89.5 Å². The minimum atomic E-state index is -0.348. The molecule has 0 unspecified atom stereocenters. The van der Waals surface area contributed by atoms with Gasteiger partial charge in [-0.25, -0.2) is 9.37 Å². The van der Waals surface area contributed by atoms with Crippen molar-refractivity contribution >= 4 is 17.2 Å². The van der Waals surface area contributed by atoms with Crippen LogP contribution in [-0.4, -0.2) is 15.3 Å². The second kappa shape index (κ2) is 6.68. The summed E-state index contributed by atoms with van der Waals surface area (Å²) in [7, 11) is 0. The molecule has 2 aromatic heterocycles. The lowest BCUT2D eigenvalue weighted by Crippen LogP contribution is -2.15. The Balaban J connectivity index is 1.84. The third-order valence-electron chi connectivity index (χ3n) is 4.41. The Morgan fingerprint density at radius 2 is 1.59 bits per heavy atom. The summed E-state index contributed by atoms with van der Waals surface area (Å²) in [6.45, 7) is 3.98. The number of aryl methyl sites for hydroxylation is 2. The summed E-state index contributed by atoms with van der Waals surface area (Å²) >= 11 is 0. The number of fused-ring (bicyclic) bond motifs is 1. The van der Waals surface area contributed by atoms with Gasteiger partial charge in [0, 0.05) is 17.4 Å². The number of aromatic nitrogens is 2. The molecule has 0 radical (unpaired) electrons. The van der Waals surface area contributed by atoms with Crippen LogP contribution >= 0.6 is 0 Å². The molecule has 134 valence electrons. The van der Waals surface area contributed by atoms with Gasteiger partial charge < -0.3 is 5.32 Å². The first-order chi connectivity index (χ1) is 13.0. The molecule has 0 bridgehead atoms. The van der Waals surface area contributed by atoms with Crippen LogP contribution in [0.25, 0.3) is 16.9 Å². The number of amides is 1. The zero-order valence-electron chi connectivity index (χ0n) is 15.0. The maximum atomic E-state index is 13.1. The Labute approximate surface area is 156 Å². The van der Waals surface area contributed by atoms with E-state index < -0.39 is 0 Å². The van der Waals surface area contributed by atoms with Gasteiger partial charge in [0.1, 0.15) is 22.9 Å². The maximum Gasteiger partial charge on any atom is 0.274 e. The Morgan fingerprint density at radius 1 is 0.926 bits per heavy atom. The highest BCUT2D eigenvalue weighted by Crippen LogP contribution is 2.26. The summed E-state index contributed by atoms with van der Waals surface area (Å²) in [5.41, 5.74) is 5.30. The summed E-state index contributed by atoms with van der Waals surface area (Å²) in [5.74, 6) is -0.644. The smallest absolute Gasteiger partial charge is 0.274 e. The van der Waals surface area contributed by atoms with Crippen molar-refractivity contribution in [1.82, 2.24) is 9.38 Å². The predicted octanol–water partition coefficient (Wildman–Crippen LogP) is 5.01.